The summed E-state index contributed by atoms with van der Waals surface area (Å²) < 4.78 is 2.85. The lowest BCUT2D eigenvalue weighted by atomic mass is 10.7. The summed E-state index contributed by atoms with van der Waals surface area (Å²) in [4.78, 5) is 11.2. The van der Waals surface area contributed by atoms with Gasteiger partial charge >= 0.3 is 5.69 Å². The fourth-order valence-electron chi connectivity index (χ4n) is 0.809. The Kier molecular flexibility index (Phi) is 2.25. The van der Waals surface area contributed by atoms with E-state index in [1.165, 1.54) is 11.0 Å². The molecule has 0 aromatic carbocycles. The number of aromatic nitrogens is 3. The van der Waals surface area contributed by atoms with Gasteiger partial charge in [0.2, 0.25) is 0 Å². The maximum absolute atomic E-state index is 11.2. The van der Waals surface area contributed by atoms with Crippen LogP contribution in [0.25, 0.3) is 6.20 Å². The molecule has 1 rings (SSSR count). The molecule has 0 radical (unpaired) electrons. The lowest BCUT2D eigenvalue weighted by molar-refractivity contribution is 0.718. The van der Waals surface area contributed by atoms with E-state index in [1.54, 1.807) is 16.8 Å². The second kappa shape index (κ2) is 3.18. The Morgan fingerprint density at radius 2 is 2.45 bits per heavy atom. The highest BCUT2D eigenvalue weighted by atomic mass is 16.2. The minimum Gasteiger partial charge on any atom is -0.282 e. The summed E-state index contributed by atoms with van der Waals surface area (Å²) in [5.74, 6) is 0. The van der Waals surface area contributed by atoms with Crippen molar-refractivity contribution in [3.63, 3.8) is 0 Å². The van der Waals surface area contributed by atoms with Crippen LogP contribution in [0.15, 0.2) is 17.2 Å². The molecule has 0 atom stereocenters. The standard InChI is InChI=1S/C7H11N3O/c1-3-5-10-7(11)9(4-2)6-8-10/h3,5-6H,4H2,1-2H3/b5-3+. The van der Waals surface area contributed by atoms with Crippen LogP contribution in [0.2, 0.25) is 0 Å². The van der Waals surface area contributed by atoms with Crippen molar-refractivity contribution in [1.82, 2.24) is 14.3 Å². The summed E-state index contributed by atoms with van der Waals surface area (Å²) in [6.45, 7) is 4.41. The summed E-state index contributed by atoms with van der Waals surface area (Å²) in [6.07, 6.45) is 4.94. The molecular weight excluding hydrogens is 142 g/mol. The van der Waals surface area contributed by atoms with Gasteiger partial charge in [0.05, 0.1) is 0 Å². The highest BCUT2D eigenvalue weighted by Crippen LogP contribution is 1.80. The average molecular weight is 153 g/mol. The number of rotatable bonds is 2. The van der Waals surface area contributed by atoms with E-state index in [1.807, 2.05) is 13.8 Å². The molecule has 0 aliphatic carbocycles. The lowest BCUT2D eigenvalue weighted by Crippen LogP contribution is -2.20. The third-order valence-electron chi connectivity index (χ3n) is 1.39. The Hall–Kier alpha value is -1.32. The maximum atomic E-state index is 11.2. The van der Waals surface area contributed by atoms with Gasteiger partial charge in [-0.2, -0.15) is 9.78 Å². The molecule has 4 nitrogen and oxygen atoms in total. The number of allylic oxidation sites excluding steroid dienone is 1. The van der Waals surface area contributed by atoms with Gasteiger partial charge in [-0.3, -0.25) is 4.57 Å². The van der Waals surface area contributed by atoms with Gasteiger partial charge in [0.25, 0.3) is 0 Å². The Balaban J connectivity index is 3.11. The van der Waals surface area contributed by atoms with Gasteiger partial charge in [-0.25, -0.2) is 4.79 Å². The van der Waals surface area contributed by atoms with Crippen molar-refractivity contribution in [3.05, 3.63) is 22.9 Å². The van der Waals surface area contributed by atoms with Crippen molar-refractivity contribution >= 4 is 6.20 Å². The van der Waals surface area contributed by atoms with E-state index in [9.17, 15) is 4.79 Å². The summed E-state index contributed by atoms with van der Waals surface area (Å²) in [7, 11) is 0. The van der Waals surface area contributed by atoms with Crippen LogP contribution in [0.5, 0.6) is 0 Å². The smallest absolute Gasteiger partial charge is 0.282 e. The van der Waals surface area contributed by atoms with E-state index in [2.05, 4.69) is 5.10 Å². The van der Waals surface area contributed by atoms with Crippen LogP contribution in [0.1, 0.15) is 13.8 Å². The van der Waals surface area contributed by atoms with Crippen molar-refractivity contribution in [3.8, 4) is 0 Å². The highest BCUT2D eigenvalue weighted by molar-refractivity contribution is 5.16. The Morgan fingerprint density at radius 3 is 2.91 bits per heavy atom. The van der Waals surface area contributed by atoms with Crippen LogP contribution >= 0.6 is 0 Å². The van der Waals surface area contributed by atoms with Crippen molar-refractivity contribution in [1.29, 1.82) is 0 Å². The van der Waals surface area contributed by atoms with Gasteiger partial charge in [0.15, 0.2) is 0 Å². The number of nitrogens with zero attached hydrogens (tertiary/aromatic N) is 3. The number of hydrogen-bond acceptors (Lipinski definition) is 2. The number of hydrogen-bond donors (Lipinski definition) is 0. The molecule has 0 saturated heterocycles. The fraction of sp³-hybridized carbons (Fsp3) is 0.429. The van der Waals surface area contributed by atoms with E-state index >= 15 is 0 Å². The molecule has 0 bridgehead atoms. The first-order valence-electron chi connectivity index (χ1n) is 3.56. The summed E-state index contributed by atoms with van der Waals surface area (Å²) in [5, 5.41) is 3.86. The van der Waals surface area contributed by atoms with Gasteiger partial charge in [0, 0.05) is 12.7 Å². The topological polar surface area (TPSA) is 39.8 Å². The van der Waals surface area contributed by atoms with E-state index in [4.69, 9.17) is 0 Å². The fourth-order valence-corrected chi connectivity index (χ4v) is 0.809. The molecule has 0 fully saturated rings. The minimum atomic E-state index is -0.0920. The van der Waals surface area contributed by atoms with Crippen molar-refractivity contribution < 1.29 is 0 Å². The van der Waals surface area contributed by atoms with Crippen LogP contribution in [0, 0.1) is 0 Å². The summed E-state index contributed by atoms with van der Waals surface area (Å²) in [5.41, 5.74) is -0.0920. The highest BCUT2D eigenvalue weighted by Gasteiger charge is 1.97. The largest absolute Gasteiger partial charge is 0.349 e. The van der Waals surface area contributed by atoms with Crippen LogP contribution in [-0.2, 0) is 6.54 Å². The average Bonchev–Trinajstić information content (AvgIpc) is 2.34. The predicted octanol–water partition coefficient (Wildman–Crippen LogP) is 0.555. The molecule has 1 heterocycles. The van der Waals surface area contributed by atoms with E-state index < -0.39 is 0 Å². The minimum absolute atomic E-state index is 0.0920. The van der Waals surface area contributed by atoms with Crippen molar-refractivity contribution in [2.75, 3.05) is 0 Å². The zero-order valence-corrected chi connectivity index (χ0v) is 6.69. The van der Waals surface area contributed by atoms with Crippen LogP contribution < -0.4 is 5.69 Å². The molecule has 0 saturated carbocycles. The van der Waals surface area contributed by atoms with Crippen LogP contribution in [0.3, 0.4) is 0 Å². The van der Waals surface area contributed by atoms with E-state index in [-0.39, 0.29) is 5.69 Å². The maximum Gasteiger partial charge on any atom is 0.349 e. The third kappa shape index (κ3) is 1.39. The van der Waals surface area contributed by atoms with Gasteiger partial charge in [-0.15, -0.1) is 0 Å². The second-order valence-corrected chi connectivity index (χ2v) is 2.13. The molecule has 11 heavy (non-hydrogen) atoms. The van der Waals surface area contributed by atoms with E-state index in [0.29, 0.717) is 6.54 Å². The first-order valence-corrected chi connectivity index (χ1v) is 3.56. The zero-order valence-electron chi connectivity index (χ0n) is 6.69. The lowest BCUT2D eigenvalue weighted by Gasteiger charge is -1.88. The monoisotopic (exact) mass is 153 g/mol. The predicted molar refractivity (Wildman–Crippen MR) is 43.2 cm³/mol. The van der Waals surface area contributed by atoms with Gasteiger partial charge in [-0.1, -0.05) is 6.08 Å². The third-order valence-corrected chi connectivity index (χ3v) is 1.39. The molecule has 0 N–H and O–H groups in total. The molecule has 0 aliphatic rings. The second-order valence-electron chi connectivity index (χ2n) is 2.13. The van der Waals surface area contributed by atoms with Gasteiger partial charge < -0.3 is 0 Å². The molecule has 1 aromatic rings. The Morgan fingerprint density at radius 1 is 1.73 bits per heavy atom. The molecule has 0 aliphatic heterocycles. The molecule has 1 aromatic heterocycles. The SMILES string of the molecule is C/C=C/n1ncn(CC)c1=O. The zero-order chi connectivity index (χ0) is 8.27. The first-order chi connectivity index (χ1) is 5.29. The van der Waals surface area contributed by atoms with Crippen LogP contribution in [0.4, 0.5) is 0 Å². The molecule has 60 valence electrons. The Bertz CT molecular complexity index is 308. The molecule has 0 amide bonds. The molecule has 0 spiro atoms. The molecular formula is C7H11N3O. The Labute approximate surface area is 64.8 Å². The van der Waals surface area contributed by atoms with Crippen LogP contribution in [-0.4, -0.2) is 14.3 Å². The summed E-state index contributed by atoms with van der Waals surface area (Å²) >= 11 is 0. The van der Waals surface area contributed by atoms with Crippen molar-refractivity contribution in [2.45, 2.75) is 20.4 Å². The number of aryl methyl sites for hydroxylation is 1. The van der Waals surface area contributed by atoms with Crippen molar-refractivity contribution in [2.24, 2.45) is 0 Å². The normalized spacial score (nSPS) is 11.1. The summed E-state index contributed by atoms with van der Waals surface area (Å²) in [6, 6.07) is 0. The quantitative estimate of drug-likeness (QED) is 0.622. The molecule has 4 heteroatoms. The van der Waals surface area contributed by atoms with E-state index in [0.717, 1.165) is 0 Å². The molecule has 0 unspecified atom stereocenters. The first kappa shape index (κ1) is 7.78. The van der Waals surface area contributed by atoms with Gasteiger partial charge in [-0.05, 0) is 13.8 Å². The van der Waals surface area contributed by atoms with Gasteiger partial charge in [0.1, 0.15) is 6.33 Å².